The normalized spacial score (nSPS) is 11.4. The fraction of sp³-hybridized carbons (Fsp3) is 0.0294. The summed E-state index contributed by atoms with van der Waals surface area (Å²) in [4.78, 5) is 4.93. The minimum Gasteiger partial charge on any atom is -0.309 e. The average molecular weight is 463 g/mol. The van der Waals surface area contributed by atoms with Crippen molar-refractivity contribution in [2.75, 3.05) is 0 Å². The molecule has 0 bridgehead atoms. The van der Waals surface area contributed by atoms with E-state index in [4.69, 9.17) is 4.99 Å². The van der Waals surface area contributed by atoms with E-state index in [0.29, 0.717) is 0 Å². The van der Waals surface area contributed by atoms with E-state index in [-0.39, 0.29) is 0 Å². The van der Waals surface area contributed by atoms with Gasteiger partial charge < -0.3 is 4.57 Å². The summed E-state index contributed by atoms with van der Waals surface area (Å²) in [5.41, 5.74) is 8.97. The van der Waals surface area contributed by atoms with E-state index in [0.717, 1.165) is 33.9 Å². The lowest BCUT2D eigenvalue weighted by Gasteiger charge is -2.15. The molecule has 1 aromatic heterocycles. The summed E-state index contributed by atoms with van der Waals surface area (Å²) < 4.78 is 2.35. The molecule has 5 aromatic carbocycles. The molecule has 0 N–H and O–H groups in total. The minimum absolute atomic E-state index is 0.942. The van der Waals surface area contributed by atoms with E-state index in [9.17, 15) is 0 Å². The first-order valence-electron chi connectivity index (χ1n) is 12.2. The molecule has 0 aliphatic heterocycles. The molecule has 0 saturated heterocycles. The fourth-order valence-electron chi connectivity index (χ4n) is 4.70. The Labute approximate surface area is 211 Å². The third-order valence-electron chi connectivity index (χ3n) is 6.52. The van der Waals surface area contributed by atoms with Crippen molar-refractivity contribution < 1.29 is 0 Å². The van der Waals surface area contributed by atoms with E-state index >= 15 is 0 Å². The monoisotopic (exact) mass is 462 g/mol. The maximum atomic E-state index is 4.93. The second-order valence-corrected chi connectivity index (χ2v) is 9.03. The molecule has 0 atom stereocenters. The SMILES string of the molecule is Cc1ccc(-n2c(-c3ccccc3)cc(C=Nc3ccc4ccccc4c3)c2-c2ccccc2)cc1. The Morgan fingerprint density at radius 2 is 1.22 bits per heavy atom. The first-order chi connectivity index (χ1) is 17.8. The van der Waals surface area contributed by atoms with Crippen molar-refractivity contribution in [1.29, 1.82) is 0 Å². The number of hydrogen-bond donors (Lipinski definition) is 0. The molecule has 0 spiro atoms. The third-order valence-corrected chi connectivity index (χ3v) is 6.52. The topological polar surface area (TPSA) is 17.3 Å². The zero-order valence-corrected chi connectivity index (χ0v) is 20.2. The standard InChI is InChI=1S/C34H26N2/c1-25-16-20-32(21-17-25)36-33(27-11-4-2-5-12-27)23-30(34(36)28-13-6-3-7-14-28)24-35-31-19-18-26-10-8-9-15-29(26)22-31/h2-24H,1H3. The van der Waals surface area contributed by atoms with Crippen LogP contribution in [0.25, 0.3) is 39.0 Å². The van der Waals surface area contributed by atoms with Gasteiger partial charge in [0.15, 0.2) is 0 Å². The molecule has 0 aliphatic carbocycles. The van der Waals surface area contributed by atoms with E-state index in [1.807, 2.05) is 6.21 Å². The highest BCUT2D eigenvalue weighted by molar-refractivity contribution is 5.95. The van der Waals surface area contributed by atoms with E-state index in [2.05, 4.69) is 145 Å². The largest absolute Gasteiger partial charge is 0.309 e. The Morgan fingerprint density at radius 1 is 0.583 bits per heavy atom. The zero-order valence-electron chi connectivity index (χ0n) is 20.2. The summed E-state index contributed by atoms with van der Waals surface area (Å²) in [6.07, 6.45) is 2.00. The van der Waals surface area contributed by atoms with Crippen molar-refractivity contribution in [2.45, 2.75) is 6.92 Å². The highest BCUT2D eigenvalue weighted by Crippen LogP contribution is 2.36. The van der Waals surface area contributed by atoms with Gasteiger partial charge in [-0.3, -0.25) is 4.99 Å². The van der Waals surface area contributed by atoms with Crippen molar-refractivity contribution in [2.24, 2.45) is 4.99 Å². The maximum Gasteiger partial charge on any atom is 0.0636 e. The Balaban J connectivity index is 1.57. The molecule has 6 aromatic rings. The molecule has 6 rings (SSSR count). The van der Waals surface area contributed by atoms with Crippen LogP contribution < -0.4 is 0 Å². The third kappa shape index (κ3) is 4.25. The summed E-state index contributed by atoms with van der Waals surface area (Å²) in [5.74, 6) is 0. The number of rotatable bonds is 5. The van der Waals surface area contributed by atoms with Crippen LogP contribution in [0.4, 0.5) is 5.69 Å². The molecule has 0 amide bonds. The summed E-state index contributed by atoms with van der Waals surface area (Å²) in [7, 11) is 0. The predicted octanol–water partition coefficient (Wildman–Crippen LogP) is 9.02. The van der Waals surface area contributed by atoms with Gasteiger partial charge >= 0.3 is 0 Å². The van der Waals surface area contributed by atoms with Crippen LogP contribution in [0.5, 0.6) is 0 Å². The molecule has 0 aliphatic rings. The smallest absolute Gasteiger partial charge is 0.0636 e. The highest BCUT2D eigenvalue weighted by Gasteiger charge is 2.18. The van der Waals surface area contributed by atoms with Gasteiger partial charge in [-0.15, -0.1) is 0 Å². The Hall–Kier alpha value is -4.69. The zero-order chi connectivity index (χ0) is 24.3. The van der Waals surface area contributed by atoms with Crippen molar-refractivity contribution in [3.63, 3.8) is 0 Å². The lowest BCUT2D eigenvalue weighted by molar-refractivity contribution is 1.09. The Kier molecular flexibility index (Phi) is 5.77. The van der Waals surface area contributed by atoms with Crippen LogP contribution in [0.15, 0.2) is 138 Å². The number of aromatic nitrogens is 1. The number of aryl methyl sites for hydroxylation is 1. The molecule has 2 heteroatoms. The highest BCUT2D eigenvalue weighted by atomic mass is 15.0. The van der Waals surface area contributed by atoms with Crippen LogP contribution in [0.2, 0.25) is 0 Å². The lowest BCUT2D eigenvalue weighted by atomic mass is 10.1. The second-order valence-electron chi connectivity index (χ2n) is 9.03. The molecule has 0 radical (unpaired) electrons. The fourth-order valence-corrected chi connectivity index (χ4v) is 4.70. The molecular weight excluding hydrogens is 436 g/mol. The van der Waals surface area contributed by atoms with E-state index in [1.165, 1.54) is 21.9 Å². The average Bonchev–Trinajstić information content (AvgIpc) is 3.33. The number of aliphatic imine (C=N–C) groups is 1. The molecule has 2 nitrogen and oxygen atoms in total. The number of hydrogen-bond acceptors (Lipinski definition) is 1. The summed E-state index contributed by atoms with van der Waals surface area (Å²) in [5, 5.41) is 2.41. The van der Waals surface area contributed by atoms with Crippen molar-refractivity contribution >= 4 is 22.7 Å². The molecule has 0 fully saturated rings. The number of nitrogens with zero attached hydrogens (tertiary/aromatic N) is 2. The van der Waals surface area contributed by atoms with Crippen molar-refractivity contribution in [3.8, 4) is 28.2 Å². The van der Waals surface area contributed by atoms with Gasteiger partial charge in [-0.1, -0.05) is 109 Å². The maximum absolute atomic E-state index is 4.93. The lowest BCUT2D eigenvalue weighted by Crippen LogP contribution is -2.00. The van der Waals surface area contributed by atoms with Crippen LogP contribution in [0, 0.1) is 6.92 Å². The first-order valence-corrected chi connectivity index (χ1v) is 12.2. The second kappa shape index (κ2) is 9.52. The van der Waals surface area contributed by atoms with Gasteiger partial charge in [-0.2, -0.15) is 0 Å². The van der Waals surface area contributed by atoms with Gasteiger partial charge in [0.25, 0.3) is 0 Å². The van der Waals surface area contributed by atoms with Gasteiger partial charge in [-0.05, 0) is 59.2 Å². The Morgan fingerprint density at radius 3 is 1.94 bits per heavy atom. The predicted molar refractivity (Wildman–Crippen MR) is 153 cm³/mol. The Bertz CT molecular complexity index is 1660. The van der Waals surface area contributed by atoms with Crippen molar-refractivity contribution in [1.82, 2.24) is 4.57 Å². The molecule has 0 saturated carbocycles. The van der Waals surface area contributed by atoms with Gasteiger partial charge in [0, 0.05) is 17.5 Å². The van der Waals surface area contributed by atoms with Gasteiger partial charge in [0.2, 0.25) is 0 Å². The van der Waals surface area contributed by atoms with Gasteiger partial charge in [0.05, 0.1) is 17.1 Å². The quantitative estimate of drug-likeness (QED) is 0.227. The molecule has 172 valence electrons. The van der Waals surface area contributed by atoms with Crippen LogP contribution >= 0.6 is 0 Å². The summed E-state index contributed by atoms with van der Waals surface area (Å²) in [6, 6.07) is 46.9. The summed E-state index contributed by atoms with van der Waals surface area (Å²) in [6.45, 7) is 2.12. The van der Waals surface area contributed by atoms with E-state index in [1.54, 1.807) is 0 Å². The van der Waals surface area contributed by atoms with E-state index < -0.39 is 0 Å². The van der Waals surface area contributed by atoms with Crippen molar-refractivity contribution in [3.05, 3.63) is 145 Å². The van der Waals surface area contributed by atoms with Crippen LogP contribution in [-0.4, -0.2) is 10.8 Å². The van der Waals surface area contributed by atoms with Crippen LogP contribution in [0.1, 0.15) is 11.1 Å². The molecule has 1 heterocycles. The molecule has 36 heavy (non-hydrogen) atoms. The van der Waals surface area contributed by atoms with Gasteiger partial charge in [0.1, 0.15) is 0 Å². The summed E-state index contributed by atoms with van der Waals surface area (Å²) >= 11 is 0. The minimum atomic E-state index is 0.942. The number of benzene rings is 5. The molecular formula is C34H26N2. The molecule has 0 unspecified atom stereocenters. The first kappa shape index (κ1) is 21.8. The van der Waals surface area contributed by atoms with Crippen LogP contribution in [-0.2, 0) is 0 Å². The van der Waals surface area contributed by atoms with Gasteiger partial charge in [-0.25, -0.2) is 0 Å². The number of fused-ring (bicyclic) bond motifs is 1. The van der Waals surface area contributed by atoms with Crippen LogP contribution in [0.3, 0.4) is 0 Å².